The second-order valence-electron chi connectivity index (χ2n) is 5.92. The minimum Gasteiger partial charge on any atom is -0.462 e. The zero-order valence-electron chi connectivity index (χ0n) is 13.3. The Morgan fingerprint density at radius 1 is 1.48 bits per heavy atom. The van der Waals surface area contributed by atoms with Crippen molar-refractivity contribution in [2.45, 2.75) is 51.1 Å². The van der Waals surface area contributed by atoms with Gasteiger partial charge in [-0.1, -0.05) is 0 Å². The van der Waals surface area contributed by atoms with Crippen LogP contribution in [0.2, 0.25) is 0 Å². The number of aliphatic hydroxyl groups excluding tert-OH is 1. The Kier molecular flexibility index (Phi) is 4.05. The van der Waals surface area contributed by atoms with E-state index in [-0.39, 0.29) is 24.6 Å². The molecule has 0 saturated carbocycles. The highest BCUT2D eigenvalue weighted by atomic mass is 16.8. The van der Waals surface area contributed by atoms with Crippen molar-refractivity contribution >= 4 is 11.8 Å². The first kappa shape index (κ1) is 16.2. The van der Waals surface area contributed by atoms with Crippen molar-refractivity contribution in [2.24, 2.45) is 0 Å². The zero-order valence-corrected chi connectivity index (χ0v) is 13.3. The number of nitrogen functional groups attached to an aromatic ring is 1. The predicted molar refractivity (Wildman–Crippen MR) is 77.4 cm³/mol. The molecule has 1 aromatic heterocycles. The van der Waals surface area contributed by atoms with Crippen LogP contribution in [0.25, 0.3) is 0 Å². The summed E-state index contributed by atoms with van der Waals surface area (Å²) in [6.45, 7) is 5.30. The molecular formula is C14H21N3O6. The van der Waals surface area contributed by atoms with Gasteiger partial charge < -0.3 is 29.8 Å². The largest absolute Gasteiger partial charge is 0.462 e. The molecule has 0 aliphatic carbocycles. The maximum atomic E-state index is 11.9. The van der Waals surface area contributed by atoms with Crippen LogP contribution in [0, 0.1) is 0 Å². The summed E-state index contributed by atoms with van der Waals surface area (Å²) in [6, 6.07) is 0. The molecule has 0 aromatic carbocycles. The molecule has 0 unspecified atom stereocenters. The van der Waals surface area contributed by atoms with Crippen molar-refractivity contribution in [1.29, 1.82) is 0 Å². The van der Waals surface area contributed by atoms with E-state index in [1.165, 1.54) is 10.9 Å². The molecule has 4 atom stereocenters. The lowest BCUT2D eigenvalue weighted by atomic mass is 10.1. The summed E-state index contributed by atoms with van der Waals surface area (Å²) in [5, 5.41) is 13.6. The molecule has 2 aliphatic rings. The topological polar surface area (TPSA) is 118 Å². The van der Waals surface area contributed by atoms with E-state index < -0.39 is 36.3 Å². The number of carbonyl (C=O) groups excluding carboxylic acids is 1. The van der Waals surface area contributed by atoms with E-state index in [1.54, 1.807) is 20.8 Å². The minimum atomic E-state index is -0.795. The quantitative estimate of drug-likeness (QED) is 0.745. The van der Waals surface area contributed by atoms with Crippen LogP contribution < -0.4 is 5.73 Å². The second-order valence-corrected chi connectivity index (χ2v) is 5.92. The Hall–Kier alpha value is -1.68. The van der Waals surface area contributed by atoms with Crippen molar-refractivity contribution in [3.63, 3.8) is 0 Å². The van der Waals surface area contributed by atoms with E-state index in [9.17, 15) is 9.90 Å². The predicted octanol–water partition coefficient (Wildman–Crippen LogP) is 0.0518. The monoisotopic (exact) mass is 327 g/mol. The highest BCUT2D eigenvalue weighted by Gasteiger charge is 2.56. The van der Waals surface area contributed by atoms with Gasteiger partial charge in [0, 0.05) is 0 Å². The Morgan fingerprint density at radius 2 is 2.17 bits per heavy atom. The van der Waals surface area contributed by atoms with E-state index in [0.717, 1.165) is 0 Å². The number of fused-ring (bicyclic) bond motifs is 1. The summed E-state index contributed by atoms with van der Waals surface area (Å²) in [4.78, 5) is 11.9. The summed E-state index contributed by atoms with van der Waals surface area (Å²) in [6.07, 6.45) is -0.837. The molecule has 0 bridgehead atoms. The van der Waals surface area contributed by atoms with Gasteiger partial charge in [-0.15, -0.1) is 0 Å². The highest BCUT2D eigenvalue weighted by molar-refractivity contribution is 5.94. The van der Waals surface area contributed by atoms with Crippen LogP contribution in [0.5, 0.6) is 0 Å². The molecule has 3 N–H and O–H groups in total. The zero-order chi connectivity index (χ0) is 16.8. The molecule has 0 amide bonds. The van der Waals surface area contributed by atoms with E-state index in [2.05, 4.69) is 5.10 Å². The number of aliphatic hydroxyl groups is 1. The molecule has 0 spiro atoms. The van der Waals surface area contributed by atoms with Gasteiger partial charge in [0.2, 0.25) is 0 Å². The van der Waals surface area contributed by atoms with Crippen LogP contribution in [-0.4, -0.2) is 58.2 Å². The van der Waals surface area contributed by atoms with Crippen molar-refractivity contribution in [2.75, 3.05) is 18.9 Å². The Bertz CT molecular complexity index is 601. The van der Waals surface area contributed by atoms with Crippen LogP contribution in [0.4, 0.5) is 5.82 Å². The van der Waals surface area contributed by atoms with E-state index in [4.69, 9.17) is 24.7 Å². The van der Waals surface area contributed by atoms with E-state index >= 15 is 0 Å². The number of nitrogens with two attached hydrogens (primary N) is 1. The fourth-order valence-electron chi connectivity index (χ4n) is 2.94. The third-order valence-corrected chi connectivity index (χ3v) is 3.88. The second kappa shape index (κ2) is 5.75. The average molecular weight is 327 g/mol. The van der Waals surface area contributed by atoms with Crippen molar-refractivity contribution < 1.29 is 28.8 Å². The fraction of sp³-hybridized carbons (Fsp3) is 0.714. The van der Waals surface area contributed by atoms with Gasteiger partial charge in [-0.05, 0) is 20.8 Å². The fourth-order valence-corrected chi connectivity index (χ4v) is 2.94. The first-order valence-corrected chi connectivity index (χ1v) is 7.50. The number of esters is 1. The normalized spacial score (nSPS) is 32.0. The molecule has 23 heavy (non-hydrogen) atoms. The summed E-state index contributed by atoms with van der Waals surface area (Å²) < 4.78 is 23.7. The molecule has 1 aromatic rings. The Labute approximate surface area is 133 Å². The maximum absolute atomic E-state index is 11.9. The smallest absolute Gasteiger partial charge is 0.343 e. The van der Waals surface area contributed by atoms with Gasteiger partial charge in [0.1, 0.15) is 29.7 Å². The first-order valence-electron chi connectivity index (χ1n) is 7.50. The third-order valence-electron chi connectivity index (χ3n) is 3.88. The molecule has 2 saturated heterocycles. The molecule has 2 aliphatic heterocycles. The van der Waals surface area contributed by atoms with E-state index in [0.29, 0.717) is 0 Å². The lowest BCUT2D eigenvalue weighted by Gasteiger charge is -2.24. The van der Waals surface area contributed by atoms with Crippen LogP contribution in [0.3, 0.4) is 0 Å². The Morgan fingerprint density at radius 3 is 2.83 bits per heavy atom. The molecule has 2 fully saturated rings. The number of carbonyl (C=O) groups is 1. The number of aromatic nitrogens is 2. The molecule has 128 valence electrons. The van der Waals surface area contributed by atoms with Crippen LogP contribution in [-0.2, 0) is 18.9 Å². The summed E-state index contributed by atoms with van der Waals surface area (Å²) in [5.74, 6) is -1.22. The van der Waals surface area contributed by atoms with Crippen molar-refractivity contribution in [1.82, 2.24) is 9.78 Å². The number of rotatable bonds is 4. The molecule has 3 heterocycles. The molecule has 3 rings (SSSR count). The summed E-state index contributed by atoms with van der Waals surface area (Å²) in [5.41, 5.74) is 6.18. The lowest BCUT2D eigenvalue weighted by Crippen LogP contribution is -2.31. The van der Waals surface area contributed by atoms with Crippen LogP contribution >= 0.6 is 0 Å². The third kappa shape index (κ3) is 2.69. The average Bonchev–Trinajstić information content (AvgIpc) is 3.10. The summed E-state index contributed by atoms with van der Waals surface area (Å²) in [7, 11) is 0. The number of anilines is 1. The Balaban J connectivity index is 1.89. The number of hydrogen-bond acceptors (Lipinski definition) is 8. The number of nitrogens with zero attached hydrogens (tertiary/aromatic N) is 2. The minimum absolute atomic E-state index is 0.124. The van der Waals surface area contributed by atoms with Gasteiger partial charge in [-0.3, -0.25) is 0 Å². The first-order chi connectivity index (χ1) is 10.9. The maximum Gasteiger partial charge on any atom is 0.343 e. The SMILES string of the molecule is CCOC(=O)c1cnn([C@@H]2O[C@H](CO)[C@H]3OC(C)(C)O[C@H]32)c1N. The van der Waals surface area contributed by atoms with Crippen molar-refractivity contribution in [3.8, 4) is 0 Å². The standard InChI is InChI=1S/C14H21N3O6/c1-4-20-13(19)7-5-16-17(11(7)15)12-10-9(8(6-18)21-12)22-14(2,3)23-10/h5,8-10,12,18H,4,6,15H2,1-3H3/t8-,9-,10-,12-/m1/s1. The van der Waals surface area contributed by atoms with Gasteiger partial charge in [-0.2, -0.15) is 5.10 Å². The van der Waals surface area contributed by atoms with Crippen LogP contribution in [0.15, 0.2) is 6.20 Å². The molecule has 0 radical (unpaired) electrons. The van der Waals surface area contributed by atoms with Gasteiger partial charge in [0.25, 0.3) is 0 Å². The van der Waals surface area contributed by atoms with Gasteiger partial charge in [0.15, 0.2) is 12.0 Å². The number of hydrogen-bond donors (Lipinski definition) is 2. The number of ether oxygens (including phenoxy) is 4. The van der Waals surface area contributed by atoms with Crippen molar-refractivity contribution in [3.05, 3.63) is 11.8 Å². The van der Waals surface area contributed by atoms with Gasteiger partial charge in [0.05, 0.1) is 19.4 Å². The highest BCUT2D eigenvalue weighted by Crippen LogP contribution is 2.43. The molecule has 9 nitrogen and oxygen atoms in total. The van der Waals surface area contributed by atoms with Crippen LogP contribution in [0.1, 0.15) is 37.4 Å². The van der Waals surface area contributed by atoms with Gasteiger partial charge >= 0.3 is 5.97 Å². The molecule has 9 heteroatoms. The van der Waals surface area contributed by atoms with Gasteiger partial charge in [-0.25, -0.2) is 9.48 Å². The molecular weight excluding hydrogens is 306 g/mol. The van der Waals surface area contributed by atoms with E-state index in [1.807, 2.05) is 0 Å². The lowest BCUT2D eigenvalue weighted by molar-refractivity contribution is -0.201. The summed E-state index contributed by atoms with van der Waals surface area (Å²) >= 11 is 0.